The number of aromatic hydroxyl groups is 2. The van der Waals surface area contributed by atoms with Crippen LogP contribution in [0.3, 0.4) is 0 Å². The van der Waals surface area contributed by atoms with Crippen molar-refractivity contribution >= 4 is 38.4 Å². The van der Waals surface area contributed by atoms with Gasteiger partial charge in [-0.3, -0.25) is 4.79 Å². The normalized spacial score (nSPS) is 11.3. The number of nitrogens with zero attached hydrogens (tertiary/aromatic N) is 2. The number of azo groups is 1. The monoisotopic (exact) mass is 373 g/mol. The van der Waals surface area contributed by atoms with E-state index in [9.17, 15) is 15.0 Å². The number of fused-ring (bicyclic) bond motifs is 1. The van der Waals surface area contributed by atoms with E-state index >= 15 is 0 Å². The Labute approximate surface area is 139 Å². The van der Waals surface area contributed by atoms with Crippen molar-refractivity contribution in [3.63, 3.8) is 0 Å². The molecule has 0 aliphatic carbocycles. The van der Waals surface area contributed by atoms with Crippen LogP contribution < -0.4 is 0 Å². The molecule has 6 nitrogen and oxygen atoms in total. The molecule has 3 aromatic rings. The molecule has 0 unspecified atom stereocenters. The topological polar surface area (TPSA) is 98.0 Å². The Bertz CT molecular complexity index is 901. The smallest absolute Gasteiger partial charge is 0.269 e. The van der Waals surface area contributed by atoms with E-state index < -0.39 is 5.91 Å². The number of aromatic nitrogens is 1. The van der Waals surface area contributed by atoms with Gasteiger partial charge in [0.2, 0.25) is 5.88 Å². The van der Waals surface area contributed by atoms with Crippen molar-refractivity contribution < 1.29 is 15.0 Å². The summed E-state index contributed by atoms with van der Waals surface area (Å²) in [5.74, 6) is -0.448. The van der Waals surface area contributed by atoms with Crippen LogP contribution in [0, 0.1) is 0 Å². The molecule has 2 aromatic carbocycles. The van der Waals surface area contributed by atoms with E-state index in [2.05, 4.69) is 31.1 Å². The predicted octanol–water partition coefficient (Wildman–Crippen LogP) is 4.19. The Kier molecular flexibility index (Phi) is 4.12. The molecule has 0 atom stereocenters. The van der Waals surface area contributed by atoms with E-state index in [1.807, 2.05) is 6.07 Å². The second kappa shape index (κ2) is 6.21. The molecule has 3 rings (SSSR count). The second-order valence-corrected chi connectivity index (χ2v) is 5.86. The van der Waals surface area contributed by atoms with Crippen LogP contribution in [0.15, 0.2) is 57.2 Å². The lowest BCUT2D eigenvalue weighted by molar-refractivity contribution is -0.117. The van der Waals surface area contributed by atoms with Gasteiger partial charge >= 0.3 is 0 Å². The Morgan fingerprint density at radius 2 is 1.87 bits per heavy atom. The first-order valence-electron chi connectivity index (χ1n) is 6.75. The van der Waals surface area contributed by atoms with E-state index in [4.69, 9.17) is 0 Å². The zero-order valence-electron chi connectivity index (χ0n) is 11.8. The molecule has 0 spiro atoms. The largest absolute Gasteiger partial charge is 0.508 e. The molecular weight excluding hydrogens is 362 g/mol. The van der Waals surface area contributed by atoms with Crippen molar-refractivity contribution in [2.24, 2.45) is 10.2 Å². The van der Waals surface area contributed by atoms with Gasteiger partial charge in [-0.25, -0.2) is 0 Å². The van der Waals surface area contributed by atoms with Gasteiger partial charge in [-0.05, 0) is 35.9 Å². The Balaban J connectivity index is 1.82. The molecule has 3 N–H and O–H groups in total. The highest BCUT2D eigenvalue weighted by Gasteiger charge is 2.11. The summed E-state index contributed by atoms with van der Waals surface area (Å²) in [5.41, 5.74) is 1.64. The van der Waals surface area contributed by atoms with Crippen LogP contribution in [0.5, 0.6) is 11.6 Å². The van der Waals surface area contributed by atoms with E-state index in [1.54, 1.807) is 24.3 Å². The molecule has 116 valence electrons. The fourth-order valence-electron chi connectivity index (χ4n) is 2.17. The van der Waals surface area contributed by atoms with Crippen molar-refractivity contribution in [3.05, 3.63) is 52.5 Å². The predicted molar refractivity (Wildman–Crippen MR) is 89.0 cm³/mol. The Morgan fingerprint density at radius 3 is 2.61 bits per heavy atom. The molecule has 1 aromatic heterocycles. The van der Waals surface area contributed by atoms with E-state index in [0.29, 0.717) is 10.9 Å². The number of H-pyrrole nitrogens is 1. The number of nitrogens with one attached hydrogen (secondary N) is 1. The molecule has 0 fully saturated rings. The third-order valence-electron chi connectivity index (χ3n) is 3.27. The van der Waals surface area contributed by atoms with Crippen molar-refractivity contribution in [3.8, 4) is 11.6 Å². The van der Waals surface area contributed by atoms with E-state index in [1.165, 1.54) is 12.1 Å². The van der Waals surface area contributed by atoms with Crippen LogP contribution in [0.4, 0.5) is 5.69 Å². The highest BCUT2D eigenvalue weighted by atomic mass is 79.9. The highest BCUT2D eigenvalue weighted by molar-refractivity contribution is 9.10. The quantitative estimate of drug-likeness (QED) is 0.600. The van der Waals surface area contributed by atoms with Crippen LogP contribution in [0.25, 0.3) is 10.9 Å². The van der Waals surface area contributed by atoms with Crippen LogP contribution in [0.2, 0.25) is 0 Å². The fourth-order valence-corrected chi connectivity index (χ4v) is 2.53. The zero-order chi connectivity index (χ0) is 16.4. The van der Waals surface area contributed by atoms with E-state index in [-0.39, 0.29) is 23.7 Å². The maximum absolute atomic E-state index is 11.9. The van der Waals surface area contributed by atoms with Gasteiger partial charge in [-0.1, -0.05) is 28.1 Å². The summed E-state index contributed by atoms with van der Waals surface area (Å²) in [5, 5.41) is 27.3. The first kappa shape index (κ1) is 15.2. The lowest BCUT2D eigenvalue weighted by atomic mass is 10.1. The number of phenolic OH excluding ortho intramolecular Hbond substituents is 1. The molecule has 0 aliphatic rings. The number of hydrogen-bond donors (Lipinski definition) is 3. The zero-order valence-corrected chi connectivity index (χ0v) is 13.4. The first-order valence-corrected chi connectivity index (χ1v) is 7.55. The number of aromatic amines is 1. The van der Waals surface area contributed by atoms with Crippen LogP contribution >= 0.6 is 15.9 Å². The summed E-state index contributed by atoms with van der Waals surface area (Å²) >= 11 is 3.35. The summed E-state index contributed by atoms with van der Waals surface area (Å²) in [4.78, 5) is 14.7. The number of halogens is 1. The van der Waals surface area contributed by atoms with Gasteiger partial charge in [0.15, 0.2) is 5.69 Å². The molecule has 1 amide bonds. The molecule has 7 heteroatoms. The SMILES string of the molecule is O=C(Cc1ccc(O)cc1)N=Nc1c(O)[nH]c2ccc(Br)cc12. The minimum Gasteiger partial charge on any atom is -0.508 e. The second-order valence-electron chi connectivity index (χ2n) is 4.95. The Morgan fingerprint density at radius 1 is 1.13 bits per heavy atom. The number of benzene rings is 2. The highest BCUT2D eigenvalue weighted by Crippen LogP contribution is 2.36. The number of hydrogen-bond acceptors (Lipinski definition) is 4. The standard InChI is InChI=1S/C16H12BrN3O3/c17-10-3-6-13-12(8-10)15(16(23)18-13)20-19-14(22)7-9-1-4-11(21)5-2-9/h1-6,8,18,21,23H,7H2. The molecule has 23 heavy (non-hydrogen) atoms. The number of carbonyl (C=O) groups excluding carboxylic acids is 1. The lowest BCUT2D eigenvalue weighted by Gasteiger charge is -1.97. The molecule has 0 bridgehead atoms. The Hall–Kier alpha value is -2.67. The van der Waals surface area contributed by atoms with Gasteiger partial charge < -0.3 is 15.2 Å². The summed E-state index contributed by atoms with van der Waals surface area (Å²) < 4.78 is 0.830. The summed E-state index contributed by atoms with van der Waals surface area (Å²) in [7, 11) is 0. The summed E-state index contributed by atoms with van der Waals surface area (Å²) in [6, 6.07) is 11.7. The average molecular weight is 374 g/mol. The number of carbonyl (C=O) groups is 1. The molecule has 0 saturated carbocycles. The molecular formula is C16H12BrN3O3. The maximum atomic E-state index is 11.9. The number of amides is 1. The molecule has 0 aliphatic heterocycles. The van der Waals surface area contributed by atoms with Gasteiger partial charge in [0, 0.05) is 9.86 Å². The van der Waals surface area contributed by atoms with Crippen molar-refractivity contribution in [2.75, 3.05) is 0 Å². The molecule has 0 saturated heterocycles. The van der Waals surface area contributed by atoms with Crippen molar-refractivity contribution in [1.82, 2.24) is 4.98 Å². The lowest BCUT2D eigenvalue weighted by Crippen LogP contribution is -1.97. The van der Waals surface area contributed by atoms with Crippen LogP contribution in [-0.2, 0) is 11.2 Å². The van der Waals surface area contributed by atoms with E-state index in [0.717, 1.165) is 10.0 Å². The molecule has 1 heterocycles. The summed E-state index contributed by atoms with van der Waals surface area (Å²) in [6.07, 6.45) is 0.0661. The van der Waals surface area contributed by atoms with Gasteiger partial charge in [0.05, 0.1) is 11.9 Å². The molecule has 0 radical (unpaired) electrons. The van der Waals surface area contributed by atoms with Crippen LogP contribution in [-0.4, -0.2) is 21.1 Å². The van der Waals surface area contributed by atoms with Crippen molar-refractivity contribution in [1.29, 1.82) is 0 Å². The van der Waals surface area contributed by atoms with Gasteiger partial charge in [-0.2, -0.15) is 0 Å². The van der Waals surface area contributed by atoms with Gasteiger partial charge in [0.25, 0.3) is 5.91 Å². The van der Waals surface area contributed by atoms with Crippen LogP contribution in [0.1, 0.15) is 5.56 Å². The fraction of sp³-hybridized carbons (Fsp3) is 0.0625. The number of rotatable bonds is 3. The minimum atomic E-state index is -0.445. The van der Waals surface area contributed by atoms with Crippen molar-refractivity contribution in [2.45, 2.75) is 6.42 Å². The third kappa shape index (κ3) is 3.40. The average Bonchev–Trinajstić information content (AvgIpc) is 2.82. The third-order valence-corrected chi connectivity index (χ3v) is 3.76. The number of phenols is 1. The summed E-state index contributed by atoms with van der Waals surface area (Å²) in [6.45, 7) is 0. The first-order chi connectivity index (χ1) is 11.0. The van der Waals surface area contributed by atoms with Gasteiger partial charge in [0.1, 0.15) is 5.75 Å². The maximum Gasteiger partial charge on any atom is 0.269 e. The van der Waals surface area contributed by atoms with Gasteiger partial charge in [-0.15, -0.1) is 10.2 Å². The minimum absolute atomic E-state index is 0.0661.